The number of fused-ring (bicyclic) bond motifs is 1. The molecule has 0 bridgehead atoms. The Kier molecular flexibility index (Phi) is 6.52. The number of aliphatic hydroxyl groups excluding tert-OH is 1. The van der Waals surface area contributed by atoms with E-state index in [2.05, 4.69) is 33.5 Å². The van der Waals surface area contributed by atoms with Crippen molar-refractivity contribution in [2.45, 2.75) is 56.6 Å². The van der Waals surface area contributed by atoms with Crippen LogP contribution in [0.2, 0.25) is 0 Å². The van der Waals surface area contributed by atoms with Gasteiger partial charge < -0.3 is 15.4 Å². The molecule has 0 radical (unpaired) electrons. The molecule has 6 rings (SSSR count). The Morgan fingerprint density at radius 3 is 2.58 bits per heavy atom. The van der Waals surface area contributed by atoms with Crippen molar-refractivity contribution in [2.75, 3.05) is 5.32 Å². The highest BCUT2D eigenvalue weighted by Gasteiger charge is 2.26. The Labute approximate surface area is 214 Å². The van der Waals surface area contributed by atoms with Crippen LogP contribution < -0.4 is 11.0 Å². The summed E-state index contributed by atoms with van der Waals surface area (Å²) in [5.74, 6) is 1.78. The number of benzene rings is 1. The molecule has 2 aliphatic rings. The number of aromatic nitrogens is 4. The van der Waals surface area contributed by atoms with E-state index in [0.29, 0.717) is 36.0 Å². The number of nitriles is 1. The van der Waals surface area contributed by atoms with E-state index in [9.17, 15) is 15.2 Å². The molecule has 0 atom stereocenters. The van der Waals surface area contributed by atoms with E-state index in [1.54, 1.807) is 18.3 Å². The third-order valence-electron chi connectivity index (χ3n) is 7.09. The van der Waals surface area contributed by atoms with Gasteiger partial charge in [-0.05, 0) is 86.4 Å². The fraction of sp³-hybridized carbons (Fsp3) is 0.333. The number of rotatable bonds is 5. The molecule has 3 aromatic heterocycles. The molecule has 0 saturated heterocycles. The van der Waals surface area contributed by atoms with Gasteiger partial charge in [0.15, 0.2) is 0 Å². The van der Waals surface area contributed by atoms with E-state index in [-0.39, 0.29) is 30.2 Å². The molecule has 8 nitrogen and oxygen atoms in total. The number of aliphatic hydroxyl groups is 1. The number of hydrogen-bond acceptors (Lipinski definition) is 6. The number of nitrogens with zero attached hydrogens (tertiary/aromatic N) is 4. The number of halogens is 1. The van der Waals surface area contributed by atoms with E-state index >= 15 is 0 Å². The largest absolute Gasteiger partial charge is 0.393 e. The zero-order chi connectivity index (χ0) is 23.9. The summed E-state index contributed by atoms with van der Waals surface area (Å²) in [7, 11) is 0. The normalized spacial score (nSPS) is 19.4. The topological polar surface area (TPSA) is 120 Å². The van der Waals surface area contributed by atoms with E-state index in [1.165, 1.54) is 5.56 Å². The molecular formula is C27H27ClN6O2. The van der Waals surface area contributed by atoms with Crippen molar-refractivity contribution in [2.24, 2.45) is 0 Å². The van der Waals surface area contributed by atoms with Gasteiger partial charge in [0.05, 0.1) is 34.5 Å². The van der Waals surface area contributed by atoms with Gasteiger partial charge in [-0.2, -0.15) is 5.26 Å². The molecule has 2 aliphatic carbocycles. The minimum atomic E-state index is -0.272. The number of imidazole rings is 1. The summed E-state index contributed by atoms with van der Waals surface area (Å²) in [5, 5.41) is 22.4. The summed E-state index contributed by atoms with van der Waals surface area (Å²) in [6, 6.07) is 15.8. The first-order chi connectivity index (χ1) is 17.1. The monoisotopic (exact) mass is 502 g/mol. The van der Waals surface area contributed by atoms with Crippen molar-refractivity contribution in [1.29, 1.82) is 5.26 Å². The quantitative estimate of drug-likeness (QED) is 0.346. The Balaban J connectivity index is 0.00000267. The first-order valence-corrected chi connectivity index (χ1v) is 12.2. The standard InChI is InChI=1S/C27H26N6O2.ClH/c28-15-16-9-10-29-25(11-16)32-26-14-19(17-1-2-17)12-23(30-26)18-3-8-22-24(13-18)33(27(35)31-22)20-4-6-21(34)7-5-20;/h3,8-14,17,20-21,34H,1-2,4-7H2,(H,31,35)(H,29,30,32);1H/t20-,21-;. The highest BCUT2D eigenvalue weighted by molar-refractivity contribution is 5.85. The second-order valence-electron chi connectivity index (χ2n) is 9.61. The van der Waals surface area contributed by atoms with Crippen LogP contribution >= 0.6 is 12.4 Å². The molecule has 2 fully saturated rings. The lowest BCUT2D eigenvalue weighted by molar-refractivity contribution is 0.111. The molecule has 4 aromatic rings. The van der Waals surface area contributed by atoms with Crippen LogP contribution in [0.4, 0.5) is 11.6 Å². The van der Waals surface area contributed by atoms with Crippen molar-refractivity contribution >= 4 is 35.1 Å². The van der Waals surface area contributed by atoms with E-state index in [4.69, 9.17) is 4.98 Å². The highest BCUT2D eigenvalue weighted by atomic mass is 35.5. The van der Waals surface area contributed by atoms with Gasteiger partial charge in [0.25, 0.3) is 0 Å². The Morgan fingerprint density at radius 1 is 1.03 bits per heavy atom. The summed E-state index contributed by atoms with van der Waals surface area (Å²) >= 11 is 0. The molecule has 2 saturated carbocycles. The second-order valence-corrected chi connectivity index (χ2v) is 9.61. The predicted molar refractivity (Wildman–Crippen MR) is 141 cm³/mol. The lowest BCUT2D eigenvalue weighted by atomic mass is 9.93. The number of H-pyrrole nitrogens is 1. The zero-order valence-electron chi connectivity index (χ0n) is 19.6. The van der Waals surface area contributed by atoms with E-state index in [1.807, 2.05) is 22.8 Å². The fourth-order valence-corrected chi connectivity index (χ4v) is 5.08. The minimum absolute atomic E-state index is 0. The molecule has 0 amide bonds. The van der Waals surface area contributed by atoms with Crippen molar-refractivity contribution in [3.8, 4) is 17.3 Å². The predicted octanol–water partition coefficient (Wildman–Crippen LogP) is 5.18. The third kappa shape index (κ3) is 4.72. The average Bonchev–Trinajstić information content (AvgIpc) is 3.67. The first kappa shape index (κ1) is 24.0. The van der Waals surface area contributed by atoms with E-state index in [0.717, 1.165) is 48.0 Å². The van der Waals surface area contributed by atoms with Crippen LogP contribution in [0.25, 0.3) is 22.3 Å². The number of pyridine rings is 2. The van der Waals surface area contributed by atoms with Crippen molar-refractivity contribution in [3.63, 3.8) is 0 Å². The maximum absolute atomic E-state index is 12.8. The Hall–Kier alpha value is -3.67. The van der Waals surface area contributed by atoms with Gasteiger partial charge in [0, 0.05) is 17.8 Å². The van der Waals surface area contributed by atoms with Crippen LogP contribution in [0.1, 0.15) is 61.6 Å². The summed E-state index contributed by atoms with van der Waals surface area (Å²) in [6.45, 7) is 0. The van der Waals surface area contributed by atoms with E-state index < -0.39 is 0 Å². The Bertz CT molecular complexity index is 1510. The minimum Gasteiger partial charge on any atom is -0.393 e. The molecule has 3 N–H and O–H groups in total. The number of nitrogens with one attached hydrogen (secondary N) is 2. The number of aromatic amines is 1. The van der Waals surface area contributed by atoms with Crippen LogP contribution in [-0.4, -0.2) is 30.7 Å². The second kappa shape index (κ2) is 9.76. The zero-order valence-corrected chi connectivity index (χ0v) is 20.5. The average molecular weight is 503 g/mol. The van der Waals surface area contributed by atoms with Crippen LogP contribution in [0, 0.1) is 11.3 Å². The van der Waals surface area contributed by atoms with Crippen LogP contribution in [-0.2, 0) is 0 Å². The van der Waals surface area contributed by atoms with Gasteiger partial charge in [-0.15, -0.1) is 12.4 Å². The molecule has 3 heterocycles. The fourth-order valence-electron chi connectivity index (χ4n) is 5.08. The summed E-state index contributed by atoms with van der Waals surface area (Å²) in [6.07, 6.45) is 6.66. The third-order valence-corrected chi connectivity index (χ3v) is 7.09. The SMILES string of the molecule is Cl.N#Cc1ccnc(Nc2cc(C3CC3)cc(-c3ccc4[nH]c(=O)n([C@H]5CC[C@H](O)CC5)c4c3)n2)c1. The van der Waals surface area contributed by atoms with Crippen LogP contribution in [0.15, 0.2) is 53.5 Å². The van der Waals surface area contributed by atoms with Gasteiger partial charge in [-0.1, -0.05) is 6.07 Å². The van der Waals surface area contributed by atoms with Gasteiger partial charge >= 0.3 is 5.69 Å². The first-order valence-electron chi connectivity index (χ1n) is 12.2. The lowest BCUT2D eigenvalue weighted by Crippen LogP contribution is -2.27. The van der Waals surface area contributed by atoms with Crippen LogP contribution in [0.5, 0.6) is 0 Å². The molecule has 0 aliphatic heterocycles. The van der Waals surface area contributed by atoms with Gasteiger partial charge in [-0.25, -0.2) is 14.8 Å². The summed E-state index contributed by atoms with van der Waals surface area (Å²) in [4.78, 5) is 25.0. The maximum Gasteiger partial charge on any atom is 0.326 e. The van der Waals surface area contributed by atoms with Gasteiger partial charge in [0.1, 0.15) is 11.6 Å². The molecule has 9 heteroatoms. The lowest BCUT2D eigenvalue weighted by Gasteiger charge is -2.26. The maximum atomic E-state index is 12.8. The molecule has 0 unspecified atom stereocenters. The van der Waals surface area contributed by atoms with Crippen molar-refractivity contribution in [3.05, 3.63) is 70.3 Å². The van der Waals surface area contributed by atoms with Crippen LogP contribution in [0.3, 0.4) is 0 Å². The van der Waals surface area contributed by atoms with Gasteiger partial charge in [-0.3, -0.25) is 4.57 Å². The number of anilines is 2. The Morgan fingerprint density at radius 2 is 1.83 bits per heavy atom. The molecule has 1 aromatic carbocycles. The van der Waals surface area contributed by atoms with Crippen molar-refractivity contribution < 1.29 is 5.11 Å². The molecule has 0 spiro atoms. The molecular weight excluding hydrogens is 476 g/mol. The van der Waals surface area contributed by atoms with Crippen molar-refractivity contribution in [1.82, 2.24) is 19.5 Å². The molecule has 36 heavy (non-hydrogen) atoms. The number of hydrogen-bond donors (Lipinski definition) is 3. The summed E-state index contributed by atoms with van der Waals surface area (Å²) in [5.41, 5.74) is 5.09. The smallest absolute Gasteiger partial charge is 0.326 e. The van der Waals surface area contributed by atoms with Gasteiger partial charge in [0.2, 0.25) is 0 Å². The summed E-state index contributed by atoms with van der Waals surface area (Å²) < 4.78 is 1.85. The highest BCUT2D eigenvalue weighted by Crippen LogP contribution is 2.42. The molecule has 184 valence electrons.